The summed E-state index contributed by atoms with van der Waals surface area (Å²) in [4.78, 5) is 15.4. The average molecular weight is 447 g/mol. The number of benzene rings is 2. The molecule has 0 saturated carbocycles. The van der Waals surface area contributed by atoms with Gasteiger partial charge in [0, 0.05) is 27.6 Å². The van der Waals surface area contributed by atoms with Gasteiger partial charge in [0.15, 0.2) is 5.75 Å². The summed E-state index contributed by atoms with van der Waals surface area (Å²) in [6, 6.07) is 10.4. The molecule has 0 aliphatic heterocycles. The van der Waals surface area contributed by atoms with Gasteiger partial charge in [-0.15, -0.1) is 11.3 Å². The number of nitro groups is 1. The fraction of sp³-hybridized carbons (Fsp3) is 0.200. The van der Waals surface area contributed by atoms with E-state index in [1.807, 2.05) is 17.5 Å². The monoisotopic (exact) mass is 446 g/mol. The molecular weight excluding hydrogens is 428 g/mol. The second kappa shape index (κ2) is 9.55. The Morgan fingerprint density at radius 1 is 1.30 bits per heavy atom. The van der Waals surface area contributed by atoms with Gasteiger partial charge in [0.2, 0.25) is 10.9 Å². The number of thiazole rings is 1. The highest BCUT2D eigenvalue weighted by atomic mass is 35.5. The second-order valence-corrected chi connectivity index (χ2v) is 7.70. The topological polar surface area (TPSA) is 98.9 Å². The summed E-state index contributed by atoms with van der Waals surface area (Å²) < 4.78 is 10.8. The van der Waals surface area contributed by atoms with Gasteiger partial charge in [-0.25, -0.2) is 4.98 Å². The van der Waals surface area contributed by atoms with Gasteiger partial charge in [0.1, 0.15) is 0 Å². The number of rotatable bonds is 8. The first-order chi connectivity index (χ1) is 14.4. The Balaban J connectivity index is 1.78. The molecule has 10 heteroatoms. The van der Waals surface area contributed by atoms with Crippen LogP contribution in [0.3, 0.4) is 0 Å². The van der Waals surface area contributed by atoms with E-state index in [0.717, 1.165) is 11.3 Å². The maximum Gasteiger partial charge on any atom is 0.315 e. The number of nitro benzene ring substituents is 1. The normalized spacial score (nSPS) is 11.1. The molecule has 0 aliphatic rings. The molecule has 156 valence electrons. The van der Waals surface area contributed by atoms with Crippen LogP contribution in [0.5, 0.6) is 11.5 Å². The number of halogens is 1. The predicted octanol–water partition coefficient (Wildman–Crippen LogP) is 5.61. The summed E-state index contributed by atoms with van der Waals surface area (Å²) in [6.45, 7) is 3.57. The summed E-state index contributed by atoms with van der Waals surface area (Å²) in [5.74, 6) is 0.355. The van der Waals surface area contributed by atoms with E-state index in [4.69, 9.17) is 21.1 Å². The highest BCUT2D eigenvalue weighted by Crippen LogP contribution is 2.38. The van der Waals surface area contributed by atoms with Gasteiger partial charge in [0.25, 0.3) is 0 Å². The SMILES string of the molecule is COc1cc(/C=N\Nc2nc(-c3ccc(Cl)cc3)cs2)cc([N+](=O)[O-])c1OC(C)C. The van der Waals surface area contributed by atoms with E-state index in [1.165, 1.54) is 30.7 Å². The Bertz CT molecular complexity index is 1070. The first kappa shape index (κ1) is 21.5. The molecule has 3 rings (SSSR count). The fourth-order valence-electron chi connectivity index (χ4n) is 2.56. The van der Waals surface area contributed by atoms with Gasteiger partial charge >= 0.3 is 5.69 Å². The molecule has 0 fully saturated rings. The second-order valence-electron chi connectivity index (χ2n) is 6.41. The largest absolute Gasteiger partial charge is 0.493 e. The quantitative estimate of drug-likeness (QED) is 0.274. The van der Waals surface area contributed by atoms with E-state index < -0.39 is 4.92 Å². The highest BCUT2D eigenvalue weighted by molar-refractivity contribution is 7.14. The summed E-state index contributed by atoms with van der Waals surface area (Å²) in [7, 11) is 1.43. The number of aromatic nitrogens is 1. The molecule has 0 saturated heterocycles. The van der Waals surface area contributed by atoms with E-state index in [2.05, 4.69) is 15.5 Å². The summed E-state index contributed by atoms with van der Waals surface area (Å²) >= 11 is 7.30. The van der Waals surface area contributed by atoms with E-state index in [-0.39, 0.29) is 23.3 Å². The number of hydrazone groups is 1. The molecule has 2 aromatic carbocycles. The lowest BCUT2D eigenvalue weighted by molar-refractivity contribution is -0.386. The van der Waals surface area contributed by atoms with Gasteiger partial charge in [0.05, 0.1) is 30.0 Å². The molecule has 1 aromatic heterocycles. The van der Waals surface area contributed by atoms with Gasteiger partial charge < -0.3 is 9.47 Å². The summed E-state index contributed by atoms with van der Waals surface area (Å²) in [6.07, 6.45) is 1.22. The minimum atomic E-state index is -0.510. The van der Waals surface area contributed by atoms with Crippen LogP contribution in [-0.2, 0) is 0 Å². The Morgan fingerprint density at radius 2 is 2.03 bits per heavy atom. The first-order valence-corrected chi connectivity index (χ1v) is 10.2. The van der Waals surface area contributed by atoms with Crippen LogP contribution < -0.4 is 14.9 Å². The molecule has 8 nitrogen and oxygen atoms in total. The molecule has 1 N–H and O–H groups in total. The lowest BCUT2D eigenvalue weighted by atomic mass is 10.2. The first-order valence-electron chi connectivity index (χ1n) is 8.91. The van der Waals surface area contributed by atoms with Crippen LogP contribution in [0, 0.1) is 10.1 Å². The number of hydrogen-bond donors (Lipinski definition) is 1. The van der Waals surface area contributed by atoms with Crippen LogP contribution >= 0.6 is 22.9 Å². The van der Waals surface area contributed by atoms with E-state index in [1.54, 1.807) is 32.0 Å². The number of nitrogens with zero attached hydrogens (tertiary/aromatic N) is 3. The standard InChI is InChI=1S/C20H19ClN4O4S/c1-12(2)29-19-17(25(26)27)8-13(9-18(19)28-3)10-22-24-20-23-16(11-30-20)14-4-6-15(21)7-5-14/h4-12H,1-3H3,(H,23,24)/b22-10-. The number of hydrogen-bond acceptors (Lipinski definition) is 8. The van der Waals surface area contributed by atoms with Gasteiger partial charge in [-0.05, 0) is 32.0 Å². The van der Waals surface area contributed by atoms with Gasteiger partial charge in [-0.2, -0.15) is 5.10 Å². The Hall–Kier alpha value is -3.17. The van der Waals surface area contributed by atoms with Crippen LogP contribution in [0.25, 0.3) is 11.3 Å². The molecule has 0 aliphatic carbocycles. The molecule has 0 spiro atoms. The minimum Gasteiger partial charge on any atom is -0.493 e. The lowest BCUT2D eigenvalue weighted by Crippen LogP contribution is -2.09. The van der Waals surface area contributed by atoms with Crippen LogP contribution in [0.4, 0.5) is 10.8 Å². The van der Waals surface area contributed by atoms with Crippen molar-refractivity contribution in [3.63, 3.8) is 0 Å². The Morgan fingerprint density at radius 3 is 2.67 bits per heavy atom. The van der Waals surface area contributed by atoms with Crippen molar-refractivity contribution in [2.24, 2.45) is 5.10 Å². The van der Waals surface area contributed by atoms with E-state index in [9.17, 15) is 10.1 Å². The smallest absolute Gasteiger partial charge is 0.315 e. The number of methoxy groups -OCH3 is 1. The van der Waals surface area contributed by atoms with Gasteiger partial charge in [-0.3, -0.25) is 15.5 Å². The molecule has 3 aromatic rings. The molecule has 1 heterocycles. The highest BCUT2D eigenvalue weighted by Gasteiger charge is 2.23. The number of ether oxygens (including phenoxy) is 2. The lowest BCUT2D eigenvalue weighted by Gasteiger charge is -2.14. The van der Waals surface area contributed by atoms with E-state index >= 15 is 0 Å². The van der Waals surface area contributed by atoms with Gasteiger partial charge in [-0.1, -0.05) is 23.7 Å². The van der Waals surface area contributed by atoms with Crippen molar-refractivity contribution < 1.29 is 14.4 Å². The van der Waals surface area contributed by atoms with Crippen molar-refractivity contribution in [1.29, 1.82) is 0 Å². The third-order valence-corrected chi connectivity index (χ3v) is 4.84. The van der Waals surface area contributed by atoms with Crippen molar-refractivity contribution in [3.8, 4) is 22.8 Å². The van der Waals surface area contributed by atoms with Crippen LogP contribution in [0.15, 0.2) is 46.9 Å². The summed E-state index contributed by atoms with van der Waals surface area (Å²) in [5.41, 5.74) is 4.86. The van der Waals surface area contributed by atoms with Crippen molar-refractivity contribution in [1.82, 2.24) is 4.98 Å². The molecule has 0 bridgehead atoms. The van der Waals surface area contributed by atoms with Crippen molar-refractivity contribution >= 4 is 40.0 Å². The zero-order valence-electron chi connectivity index (χ0n) is 16.5. The fourth-order valence-corrected chi connectivity index (χ4v) is 3.36. The third-order valence-electron chi connectivity index (χ3n) is 3.85. The van der Waals surface area contributed by atoms with E-state index in [0.29, 0.717) is 15.7 Å². The zero-order valence-corrected chi connectivity index (χ0v) is 18.0. The summed E-state index contributed by atoms with van der Waals surface area (Å²) in [5, 5.41) is 18.7. The number of anilines is 1. The Labute approximate surface area is 182 Å². The van der Waals surface area contributed by atoms with Crippen LogP contribution in [-0.4, -0.2) is 29.3 Å². The minimum absolute atomic E-state index is 0.0927. The van der Waals surface area contributed by atoms with Crippen LogP contribution in [0.1, 0.15) is 19.4 Å². The predicted molar refractivity (Wildman–Crippen MR) is 119 cm³/mol. The maximum atomic E-state index is 11.5. The van der Waals surface area contributed by atoms with Crippen molar-refractivity contribution in [2.45, 2.75) is 20.0 Å². The molecule has 0 amide bonds. The van der Waals surface area contributed by atoms with Crippen molar-refractivity contribution in [3.05, 3.63) is 62.5 Å². The molecule has 0 unspecified atom stereocenters. The molecule has 0 radical (unpaired) electrons. The third kappa shape index (κ3) is 5.25. The zero-order chi connectivity index (χ0) is 21.7. The van der Waals surface area contributed by atoms with Crippen LogP contribution in [0.2, 0.25) is 5.02 Å². The number of nitrogens with one attached hydrogen (secondary N) is 1. The Kier molecular flexibility index (Phi) is 6.86. The molecular formula is C20H19ClN4O4S. The molecule has 0 atom stereocenters. The molecule has 30 heavy (non-hydrogen) atoms. The van der Waals surface area contributed by atoms with Crippen molar-refractivity contribution in [2.75, 3.05) is 12.5 Å². The maximum absolute atomic E-state index is 11.5. The average Bonchev–Trinajstić information content (AvgIpc) is 3.17.